The lowest BCUT2D eigenvalue weighted by atomic mass is 10.1. The molecule has 142 valence electrons. The van der Waals surface area contributed by atoms with E-state index in [1.54, 1.807) is 13.0 Å². The van der Waals surface area contributed by atoms with Crippen LogP contribution in [0.25, 0.3) is 0 Å². The maximum atomic E-state index is 11.7. The number of phenols is 1. The van der Waals surface area contributed by atoms with E-state index in [-0.39, 0.29) is 5.75 Å². The lowest BCUT2D eigenvalue weighted by molar-refractivity contribution is 0.0525. The van der Waals surface area contributed by atoms with Gasteiger partial charge in [-0.3, -0.25) is 0 Å². The van der Waals surface area contributed by atoms with Crippen LogP contribution in [0.4, 0.5) is 0 Å². The second kappa shape index (κ2) is 13.6. The molecule has 0 aliphatic carbocycles. The summed E-state index contributed by atoms with van der Waals surface area (Å²) in [5, 5.41) is 9.70. The third kappa shape index (κ3) is 10.0. The second-order valence-corrected chi connectivity index (χ2v) is 6.47. The molecule has 0 aromatic heterocycles. The van der Waals surface area contributed by atoms with Crippen LogP contribution in [-0.4, -0.2) is 24.3 Å². The van der Waals surface area contributed by atoms with Gasteiger partial charge >= 0.3 is 5.97 Å². The van der Waals surface area contributed by atoms with Gasteiger partial charge in [-0.2, -0.15) is 0 Å². The summed E-state index contributed by atoms with van der Waals surface area (Å²) >= 11 is 0. The molecule has 0 fully saturated rings. The summed E-state index contributed by atoms with van der Waals surface area (Å²) in [7, 11) is 0. The summed E-state index contributed by atoms with van der Waals surface area (Å²) in [6.45, 7) is 4.91. The molecule has 0 spiro atoms. The van der Waals surface area contributed by atoms with Crippen LogP contribution in [0.1, 0.15) is 88.4 Å². The molecular formula is C21H34O4. The van der Waals surface area contributed by atoms with Crippen molar-refractivity contribution in [2.45, 2.75) is 78.1 Å². The molecule has 1 aromatic carbocycles. The number of esters is 1. The Kier molecular flexibility index (Phi) is 11.6. The molecule has 0 heterocycles. The number of benzene rings is 1. The Bertz CT molecular complexity index is 485. The zero-order valence-electron chi connectivity index (χ0n) is 15.9. The number of ether oxygens (including phenoxy) is 2. The molecule has 0 saturated heterocycles. The lowest BCUT2D eigenvalue weighted by Crippen LogP contribution is -2.05. The van der Waals surface area contributed by atoms with Crippen LogP contribution in [0.15, 0.2) is 18.2 Å². The molecule has 0 unspecified atom stereocenters. The van der Waals surface area contributed by atoms with Crippen molar-refractivity contribution in [2.24, 2.45) is 0 Å². The number of hydrogen-bond acceptors (Lipinski definition) is 4. The summed E-state index contributed by atoms with van der Waals surface area (Å²) in [5.41, 5.74) is 0.319. The van der Waals surface area contributed by atoms with Crippen LogP contribution in [-0.2, 0) is 4.74 Å². The fraction of sp³-hybridized carbons (Fsp3) is 0.667. The summed E-state index contributed by atoms with van der Waals surface area (Å²) in [6, 6.07) is 4.54. The Morgan fingerprint density at radius 3 is 2.08 bits per heavy atom. The zero-order valence-corrected chi connectivity index (χ0v) is 15.9. The molecule has 4 nitrogen and oxygen atoms in total. The Hall–Kier alpha value is -1.71. The zero-order chi connectivity index (χ0) is 18.3. The molecule has 1 N–H and O–H groups in total. The topological polar surface area (TPSA) is 55.8 Å². The Morgan fingerprint density at radius 2 is 1.48 bits per heavy atom. The van der Waals surface area contributed by atoms with Crippen molar-refractivity contribution in [1.29, 1.82) is 0 Å². The van der Waals surface area contributed by atoms with E-state index in [2.05, 4.69) is 6.92 Å². The minimum atomic E-state index is -0.442. The summed E-state index contributed by atoms with van der Waals surface area (Å²) in [6.07, 6.45) is 12.8. The van der Waals surface area contributed by atoms with Gasteiger partial charge in [0, 0.05) is 6.07 Å². The molecule has 25 heavy (non-hydrogen) atoms. The van der Waals surface area contributed by atoms with Gasteiger partial charge in [-0.1, -0.05) is 64.7 Å². The average molecular weight is 350 g/mol. The summed E-state index contributed by atoms with van der Waals surface area (Å²) < 4.78 is 10.6. The lowest BCUT2D eigenvalue weighted by Gasteiger charge is -2.09. The number of phenolic OH excluding ortho intramolecular Hbond substituents is 1. The van der Waals surface area contributed by atoms with Crippen molar-refractivity contribution < 1.29 is 19.4 Å². The molecule has 0 radical (unpaired) electrons. The third-order valence-electron chi connectivity index (χ3n) is 4.17. The van der Waals surface area contributed by atoms with E-state index in [9.17, 15) is 9.90 Å². The van der Waals surface area contributed by atoms with Crippen molar-refractivity contribution in [3.8, 4) is 11.5 Å². The second-order valence-electron chi connectivity index (χ2n) is 6.47. The average Bonchev–Trinajstić information content (AvgIpc) is 2.59. The van der Waals surface area contributed by atoms with Crippen LogP contribution in [0.2, 0.25) is 0 Å². The smallest absolute Gasteiger partial charge is 0.338 e. The van der Waals surface area contributed by atoms with Crippen LogP contribution < -0.4 is 4.74 Å². The maximum absolute atomic E-state index is 11.7. The van der Waals surface area contributed by atoms with Crippen molar-refractivity contribution in [3.05, 3.63) is 23.8 Å². The summed E-state index contributed by atoms with van der Waals surface area (Å²) in [5.74, 6) is 0.0878. The van der Waals surface area contributed by atoms with Gasteiger partial charge in [-0.15, -0.1) is 0 Å². The largest absolute Gasteiger partial charge is 0.508 e. The molecular weight excluding hydrogens is 316 g/mol. The van der Waals surface area contributed by atoms with Gasteiger partial charge in [0.15, 0.2) is 0 Å². The van der Waals surface area contributed by atoms with E-state index in [0.717, 1.165) is 12.8 Å². The molecule has 0 atom stereocenters. The number of hydrogen-bond donors (Lipinski definition) is 1. The van der Waals surface area contributed by atoms with Gasteiger partial charge in [-0.25, -0.2) is 4.79 Å². The maximum Gasteiger partial charge on any atom is 0.338 e. The highest BCUT2D eigenvalue weighted by Gasteiger charge is 2.10. The molecule has 1 aromatic rings. The first kappa shape index (κ1) is 21.3. The fourth-order valence-corrected chi connectivity index (χ4v) is 2.78. The Balaban J connectivity index is 2.14. The highest BCUT2D eigenvalue weighted by atomic mass is 16.5. The Morgan fingerprint density at radius 1 is 0.880 bits per heavy atom. The van der Waals surface area contributed by atoms with Gasteiger partial charge in [0.05, 0.1) is 18.8 Å². The Labute approximate surface area is 152 Å². The van der Waals surface area contributed by atoms with Crippen LogP contribution in [0.5, 0.6) is 11.5 Å². The van der Waals surface area contributed by atoms with Crippen LogP contribution in [0, 0.1) is 0 Å². The SMILES string of the molecule is CCCCCCCCCCCCOc1cc(O)cc(C(=O)OCC)c1. The highest BCUT2D eigenvalue weighted by molar-refractivity contribution is 5.90. The van der Waals surface area contributed by atoms with Crippen molar-refractivity contribution in [2.75, 3.05) is 13.2 Å². The highest BCUT2D eigenvalue weighted by Crippen LogP contribution is 2.23. The quantitative estimate of drug-likeness (QED) is 0.337. The predicted octanol–water partition coefficient (Wildman–Crippen LogP) is 5.87. The van der Waals surface area contributed by atoms with E-state index >= 15 is 0 Å². The van der Waals surface area contributed by atoms with E-state index < -0.39 is 5.97 Å². The minimum absolute atomic E-state index is 0.0172. The van der Waals surface area contributed by atoms with Gasteiger partial charge in [0.2, 0.25) is 0 Å². The molecule has 0 bridgehead atoms. The molecule has 1 rings (SSSR count). The minimum Gasteiger partial charge on any atom is -0.508 e. The first-order chi connectivity index (χ1) is 12.2. The van der Waals surface area contributed by atoms with E-state index in [0.29, 0.717) is 24.5 Å². The summed E-state index contributed by atoms with van der Waals surface area (Å²) in [4.78, 5) is 11.7. The number of aromatic hydroxyl groups is 1. The van der Waals surface area contributed by atoms with E-state index in [1.165, 1.54) is 63.5 Å². The van der Waals surface area contributed by atoms with Crippen molar-refractivity contribution in [3.63, 3.8) is 0 Å². The van der Waals surface area contributed by atoms with E-state index in [1.807, 2.05) is 0 Å². The van der Waals surface area contributed by atoms with Crippen molar-refractivity contribution in [1.82, 2.24) is 0 Å². The van der Waals surface area contributed by atoms with Crippen LogP contribution in [0.3, 0.4) is 0 Å². The van der Waals surface area contributed by atoms with Crippen LogP contribution >= 0.6 is 0 Å². The monoisotopic (exact) mass is 350 g/mol. The van der Waals surface area contributed by atoms with E-state index in [4.69, 9.17) is 9.47 Å². The number of unbranched alkanes of at least 4 members (excludes halogenated alkanes) is 9. The molecule has 0 amide bonds. The molecule has 0 aliphatic heterocycles. The van der Waals surface area contributed by atoms with Gasteiger partial charge in [0.1, 0.15) is 11.5 Å². The molecule has 0 saturated carbocycles. The number of carbonyl (C=O) groups is 1. The van der Waals surface area contributed by atoms with Gasteiger partial charge in [0.25, 0.3) is 0 Å². The fourth-order valence-electron chi connectivity index (χ4n) is 2.78. The first-order valence-corrected chi connectivity index (χ1v) is 9.81. The predicted molar refractivity (Wildman–Crippen MR) is 101 cm³/mol. The first-order valence-electron chi connectivity index (χ1n) is 9.81. The normalized spacial score (nSPS) is 10.6. The number of carbonyl (C=O) groups excluding carboxylic acids is 1. The number of rotatable bonds is 14. The molecule has 0 aliphatic rings. The van der Waals surface area contributed by atoms with Gasteiger partial charge < -0.3 is 14.6 Å². The third-order valence-corrected chi connectivity index (χ3v) is 4.17. The molecule has 4 heteroatoms. The van der Waals surface area contributed by atoms with Gasteiger partial charge in [-0.05, 0) is 25.5 Å². The standard InChI is InChI=1S/C21H34O4/c1-3-5-6-7-8-9-10-11-12-13-14-25-20-16-18(15-19(22)17-20)21(23)24-4-2/h15-17,22H,3-14H2,1-2H3. The van der Waals surface area contributed by atoms with Crippen molar-refractivity contribution >= 4 is 5.97 Å².